The molecule has 6 nitrogen and oxygen atoms in total. The van der Waals surface area contributed by atoms with E-state index in [0.717, 1.165) is 51.7 Å². The van der Waals surface area contributed by atoms with Crippen LogP contribution in [0.1, 0.15) is 64.0 Å². The molecule has 1 aromatic heterocycles. The molecule has 0 atom stereocenters. The molecule has 0 aliphatic heterocycles. The van der Waals surface area contributed by atoms with E-state index in [1.54, 1.807) is 4.57 Å². The number of nitrogens with one attached hydrogen (secondary N) is 1. The molecule has 0 aromatic carbocycles. The lowest BCUT2D eigenvalue weighted by Crippen LogP contribution is -2.24. The second-order valence-corrected chi connectivity index (χ2v) is 6.96. The van der Waals surface area contributed by atoms with Gasteiger partial charge >= 0.3 is 0 Å². The highest BCUT2D eigenvalue weighted by Crippen LogP contribution is 2.31. The molecule has 1 aliphatic carbocycles. The summed E-state index contributed by atoms with van der Waals surface area (Å²) in [6, 6.07) is 0.160. The van der Waals surface area contributed by atoms with Crippen LogP contribution in [-0.2, 0) is 0 Å². The zero-order valence-corrected chi connectivity index (χ0v) is 16.1. The summed E-state index contributed by atoms with van der Waals surface area (Å²) in [5.74, 6) is -0.0480. The molecule has 1 heterocycles. The fraction of sp³-hybridized carbons (Fsp3) is 0.722. The number of nitrogens with zero attached hydrogens (tertiary/aromatic N) is 3. The molecular formula is C18H30N4O2S. The Bertz CT molecular complexity index is 685. The van der Waals surface area contributed by atoms with Crippen molar-refractivity contribution in [2.75, 3.05) is 26.2 Å². The first-order valence-corrected chi connectivity index (χ1v) is 9.79. The van der Waals surface area contributed by atoms with Crippen molar-refractivity contribution in [1.29, 1.82) is 0 Å². The summed E-state index contributed by atoms with van der Waals surface area (Å²) in [6.45, 7) is 7.97. The quantitative estimate of drug-likeness (QED) is 0.421. The number of H-pyrrole nitrogens is 1. The fourth-order valence-corrected chi connectivity index (χ4v) is 3.76. The first-order valence-electron chi connectivity index (χ1n) is 9.38. The average Bonchev–Trinajstić information content (AvgIpc) is 2.61. The van der Waals surface area contributed by atoms with Crippen LogP contribution in [0.5, 0.6) is 5.88 Å². The third kappa shape index (κ3) is 5.25. The zero-order chi connectivity index (χ0) is 18.2. The molecule has 2 N–H and O–H groups in total. The van der Waals surface area contributed by atoms with Crippen molar-refractivity contribution in [3.8, 4) is 5.88 Å². The normalized spacial score (nSPS) is 16.1. The monoisotopic (exact) mass is 366 g/mol. The highest BCUT2D eigenvalue weighted by atomic mass is 32.1. The van der Waals surface area contributed by atoms with Gasteiger partial charge in [0.2, 0.25) is 5.88 Å². The summed E-state index contributed by atoms with van der Waals surface area (Å²) in [6.07, 6.45) is 7.85. The predicted molar refractivity (Wildman–Crippen MR) is 105 cm³/mol. The van der Waals surface area contributed by atoms with Gasteiger partial charge in [-0.05, 0) is 51.1 Å². The summed E-state index contributed by atoms with van der Waals surface area (Å²) in [5, 5.41) is 10.6. The SMILES string of the molecule is CCN(CC)CCCN=Cc1c(O)n(C2CCCCC2)c(=S)[nH]c1=O. The van der Waals surface area contributed by atoms with Crippen LogP contribution in [0.15, 0.2) is 9.79 Å². The molecular weight excluding hydrogens is 336 g/mol. The number of hydrogen-bond donors (Lipinski definition) is 2. The highest BCUT2D eigenvalue weighted by molar-refractivity contribution is 7.71. The van der Waals surface area contributed by atoms with Crippen LogP contribution in [-0.4, -0.2) is 52.0 Å². The minimum atomic E-state index is -0.373. The van der Waals surface area contributed by atoms with E-state index in [-0.39, 0.29) is 23.0 Å². The Hall–Kier alpha value is -1.47. The van der Waals surface area contributed by atoms with E-state index in [2.05, 4.69) is 28.7 Å². The molecule has 25 heavy (non-hydrogen) atoms. The molecule has 1 saturated carbocycles. The van der Waals surface area contributed by atoms with E-state index in [4.69, 9.17) is 12.2 Å². The second kappa shape index (κ2) is 9.87. The third-order valence-electron chi connectivity index (χ3n) is 4.97. The molecule has 0 unspecified atom stereocenters. The lowest BCUT2D eigenvalue weighted by atomic mass is 9.95. The summed E-state index contributed by atoms with van der Waals surface area (Å²) >= 11 is 5.27. The first-order chi connectivity index (χ1) is 12.1. The van der Waals surface area contributed by atoms with Crippen molar-refractivity contribution in [3.05, 3.63) is 20.7 Å². The Morgan fingerprint density at radius 1 is 1.32 bits per heavy atom. The van der Waals surface area contributed by atoms with Crippen molar-refractivity contribution in [3.63, 3.8) is 0 Å². The van der Waals surface area contributed by atoms with Crippen molar-refractivity contribution in [2.45, 2.75) is 58.4 Å². The fourth-order valence-electron chi connectivity index (χ4n) is 3.43. The maximum absolute atomic E-state index is 12.2. The topological polar surface area (TPSA) is 73.6 Å². The lowest BCUT2D eigenvalue weighted by Gasteiger charge is -2.25. The van der Waals surface area contributed by atoms with Crippen LogP contribution < -0.4 is 5.56 Å². The first kappa shape index (κ1) is 19.8. The van der Waals surface area contributed by atoms with E-state index in [9.17, 15) is 9.90 Å². The Balaban J connectivity index is 2.11. The molecule has 140 valence electrons. The molecule has 1 aromatic rings. The van der Waals surface area contributed by atoms with Gasteiger partial charge in [-0.1, -0.05) is 33.1 Å². The summed E-state index contributed by atoms with van der Waals surface area (Å²) in [5.41, 5.74) is -0.163. The number of aromatic hydroxyl groups is 1. The van der Waals surface area contributed by atoms with Gasteiger partial charge in [-0.2, -0.15) is 0 Å². The van der Waals surface area contributed by atoms with Crippen LogP contribution in [0.4, 0.5) is 0 Å². The van der Waals surface area contributed by atoms with E-state index in [1.165, 1.54) is 12.6 Å². The third-order valence-corrected chi connectivity index (χ3v) is 5.27. The van der Waals surface area contributed by atoms with Gasteiger partial charge < -0.3 is 10.0 Å². The Morgan fingerprint density at radius 3 is 2.64 bits per heavy atom. The van der Waals surface area contributed by atoms with Gasteiger partial charge in [-0.15, -0.1) is 0 Å². The number of aromatic nitrogens is 2. The molecule has 2 rings (SSSR count). The van der Waals surface area contributed by atoms with Gasteiger partial charge in [0.05, 0.1) is 0 Å². The van der Waals surface area contributed by atoms with Crippen LogP contribution in [0.2, 0.25) is 0 Å². The number of aromatic amines is 1. The molecule has 0 spiro atoms. The number of aliphatic imine (C=N–C) groups is 1. The maximum atomic E-state index is 12.2. The molecule has 1 aliphatic rings. The van der Waals surface area contributed by atoms with Crippen molar-refractivity contribution >= 4 is 18.4 Å². The van der Waals surface area contributed by atoms with Crippen molar-refractivity contribution in [2.24, 2.45) is 4.99 Å². The van der Waals surface area contributed by atoms with Crippen LogP contribution in [0.3, 0.4) is 0 Å². The van der Waals surface area contributed by atoms with Crippen LogP contribution in [0, 0.1) is 4.77 Å². The number of hydrogen-bond acceptors (Lipinski definition) is 5. The summed E-state index contributed by atoms with van der Waals surface area (Å²) in [4.78, 5) is 21.5. The van der Waals surface area contributed by atoms with Crippen LogP contribution in [0.25, 0.3) is 0 Å². The van der Waals surface area contributed by atoms with Gasteiger partial charge in [0.15, 0.2) is 4.77 Å². The summed E-state index contributed by atoms with van der Waals surface area (Å²) < 4.78 is 2.00. The van der Waals surface area contributed by atoms with Crippen LogP contribution >= 0.6 is 12.2 Å². The van der Waals surface area contributed by atoms with Gasteiger partial charge in [0.1, 0.15) is 5.56 Å². The standard InChI is InChI=1S/C18H30N4O2S/c1-3-21(4-2)12-8-11-19-13-15-16(23)20-18(25)22(17(15)24)14-9-6-5-7-10-14/h13-14,24H,3-12H2,1-2H3,(H,20,23,25). The second-order valence-electron chi connectivity index (χ2n) is 6.57. The van der Waals surface area contributed by atoms with E-state index >= 15 is 0 Å². The van der Waals surface area contributed by atoms with Crippen molar-refractivity contribution < 1.29 is 5.11 Å². The van der Waals surface area contributed by atoms with Gasteiger partial charge in [-0.3, -0.25) is 19.3 Å². The number of rotatable bonds is 8. The Labute approximate surface area is 154 Å². The van der Waals surface area contributed by atoms with Gasteiger partial charge in [0.25, 0.3) is 5.56 Å². The van der Waals surface area contributed by atoms with Gasteiger partial charge in [-0.25, -0.2) is 0 Å². The van der Waals surface area contributed by atoms with E-state index in [0.29, 0.717) is 11.3 Å². The predicted octanol–water partition coefficient (Wildman–Crippen LogP) is 3.27. The molecule has 7 heteroatoms. The molecule has 0 saturated heterocycles. The minimum Gasteiger partial charge on any atom is -0.494 e. The smallest absolute Gasteiger partial charge is 0.264 e. The summed E-state index contributed by atoms with van der Waals surface area (Å²) in [7, 11) is 0. The average molecular weight is 367 g/mol. The molecule has 0 bridgehead atoms. The molecule has 0 amide bonds. The lowest BCUT2D eigenvalue weighted by molar-refractivity contribution is 0.301. The highest BCUT2D eigenvalue weighted by Gasteiger charge is 2.20. The maximum Gasteiger partial charge on any atom is 0.264 e. The van der Waals surface area contributed by atoms with Crippen molar-refractivity contribution in [1.82, 2.24) is 14.5 Å². The molecule has 1 fully saturated rings. The minimum absolute atomic E-state index is 0.0480. The molecule has 0 radical (unpaired) electrons. The van der Waals surface area contributed by atoms with Gasteiger partial charge in [0, 0.05) is 18.8 Å². The Morgan fingerprint density at radius 2 is 2.00 bits per heavy atom. The largest absolute Gasteiger partial charge is 0.494 e. The van der Waals surface area contributed by atoms with E-state index < -0.39 is 0 Å². The van der Waals surface area contributed by atoms with E-state index in [1.807, 2.05) is 0 Å². The zero-order valence-electron chi connectivity index (χ0n) is 15.3. The Kier molecular flexibility index (Phi) is 7.84.